The predicted molar refractivity (Wildman–Crippen MR) is 68.0 cm³/mol. The number of carbonyl (C=O) groups excluding carboxylic acids is 1. The third kappa shape index (κ3) is 2.39. The highest BCUT2D eigenvalue weighted by Crippen LogP contribution is 2.27. The number of amides is 1. The van der Waals surface area contributed by atoms with Crippen LogP contribution in [0.4, 0.5) is 0 Å². The van der Waals surface area contributed by atoms with Gasteiger partial charge >= 0.3 is 0 Å². The number of nitrogens with one attached hydrogen (secondary N) is 1. The summed E-state index contributed by atoms with van der Waals surface area (Å²) in [6.07, 6.45) is 4.78. The number of hydrogen-bond acceptors (Lipinski definition) is 4. The van der Waals surface area contributed by atoms with Crippen LogP contribution in [-0.4, -0.2) is 55.2 Å². The molecule has 0 aromatic rings. The Morgan fingerprint density at radius 1 is 1.28 bits per heavy atom. The van der Waals surface area contributed by atoms with Crippen molar-refractivity contribution in [1.82, 2.24) is 10.2 Å². The minimum atomic E-state index is -0.147. The van der Waals surface area contributed by atoms with Gasteiger partial charge in [-0.05, 0) is 32.2 Å². The molecule has 3 fully saturated rings. The highest BCUT2D eigenvalue weighted by atomic mass is 16.5. The summed E-state index contributed by atoms with van der Waals surface area (Å²) in [6, 6.07) is 0.902. The molecule has 3 aliphatic rings. The van der Waals surface area contributed by atoms with Crippen LogP contribution >= 0.6 is 0 Å². The molecule has 0 bridgehead atoms. The van der Waals surface area contributed by atoms with Crippen molar-refractivity contribution < 1.29 is 9.53 Å². The van der Waals surface area contributed by atoms with Crippen molar-refractivity contribution in [2.45, 2.75) is 43.8 Å². The van der Waals surface area contributed by atoms with Gasteiger partial charge in [-0.1, -0.05) is 0 Å². The molecule has 3 aliphatic heterocycles. The van der Waals surface area contributed by atoms with Gasteiger partial charge in [-0.15, -0.1) is 0 Å². The molecule has 4 unspecified atom stereocenters. The summed E-state index contributed by atoms with van der Waals surface area (Å²) in [5.41, 5.74) is 5.88. The summed E-state index contributed by atoms with van der Waals surface area (Å²) in [6.45, 7) is 3.37. The maximum absolute atomic E-state index is 12.1. The first kappa shape index (κ1) is 12.4. The Labute approximate surface area is 108 Å². The lowest BCUT2D eigenvalue weighted by Crippen LogP contribution is -2.50. The number of piperidine rings is 1. The van der Waals surface area contributed by atoms with E-state index in [0.717, 1.165) is 19.4 Å². The van der Waals surface area contributed by atoms with Gasteiger partial charge in [0.25, 0.3) is 0 Å². The quantitative estimate of drug-likeness (QED) is 0.709. The van der Waals surface area contributed by atoms with Gasteiger partial charge in [-0.25, -0.2) is 0 Å². The minimum absolute atomic E-state index is 0.0939. The van der Waals surface area contributed by atoms with E-state index >= 15 is 0 Å². The smallest absolute Gasteiger partial charge is 0.227 e. The van der Waals surface area contributed by atoms with E-state index in [4.69, 9.17) is 10.5 Å². The normalized spacial score (nSPS) is 40.7. The van der Waals surface area contributed by atoms with E-state index in [1.165, 1.54) is 19.4 Å². The van der Waals surface area contributed by atoms with Crippen LogP contribution in [0.1, 0.15) is 25.7 Å². The molecule has 3 N–H and O–H groups in total. The van der Waals surface area contributed by atoms with Crippen LogP contribution in [0, 0.1) is 5.92 Å². The molecule has 5 heteroatoms. The number of fused-ring (bicyclic) bond motifs is 1. The summed E-state index contributed by atoms with van der Waals surface area (Å²) in [7, 11) is 0. The molecule has 0 aliphatic carbocycles. The second kappa shape index (κ2) is 5.15. The van der Waals surface area contributed by atoms with E-state index in [9.17, 15) is 4.79 Å². The van der Waals surface area contributed by atoms with Crippen LogP contribution in [0.3, 0.4) is 0 Å². The molecule has 5 nitrogen and oxygen atoms in total. The zero-order valence-electron chi connectivity index (χ0n) is 10.8. The first-order valence-corrected chi connectivity index (χ1v) is 7.12. The standard InChI is InChI=1S/C13H23N3O2/c14-12-8-18-7-11(12)13(17)15-9-3-5-16-4-1-2-10(16)6-9/h9-12H,1-8,14H2,(H,15,17). The van der Waals surface area contributed by atoms with Gasteiger partial charge in [0.2, 0.25) is 5.91 Å². The number of carbonyl (C=O) groups is 1. The van der Waals surface area contributed by atoms with E-state index < -0.39 is 0 Å². The van der Waals surface area contributed by atoms with Gasteiger partial charge in [-0.2, -0.15) is 0 Å². The van der Waals surface area contributed by atoms with E-state index in [0.29, 0.717) is 25.3 Å². The largest absolute Gasteiger partial charge is 0.379 e. The summed E-state index contributed by atoms with van der Waals surface area (Å²) >= 11 is 0. The number of hydrogen-bond donors (Lipinski definition) is 2. The zero-order chi connectivity index (χ0) is 12.5. The van der Waals surface area contributed by atoms with E-state index in [1.54, 1.807) is 0 Å². The minimum Gasteiger partial charge on any atom is -0.379 e. The van der Waals surface area contributed by atoms with Crippen LogP contribution in [0.25, 0.3) is 0 Å². The topological polar surface area (TPSA) is 67.6 Å². The van der Waals surface area contributed by atoms with Crippen LogP contribution in [0.5, 0.6) is 0 Å². The third-order valence-corrected chi connectivity index (χ3v) is 4.63. The maximum atomic E-state index is 12.1. The van der Waals surface area contributed by atoms with E-state index in [1.807, 2.05) is 0 Å². The second-order valence-corrected chi connectivity index (χ2v) is 5.87. The molecule has 0 saturated carbocycles. The molecular weight excluding hydrogens is 230 g/mol. The van der Waals surface area contributed by atoms with Crippen molar-refractivity contribution in [3.8, 4) is 0 Å². The highest BCUT2D eigenvalue weighted by Gasteiger charge is 2.35. The molecule has 0 aromatic carbocycles. The highest BCUT2D eigenvalue weighted by molar-refractivity contribution is 5.80. The monoisotopic (exact) mass is 253 g/mol. The van der Waals surface area contributed by atoms with Gasteiger partial charge in [0.05, 0.1) is 19.1 Å². The predicted octanol–water partition coefficient (Wildman–Crippen LogP) is -0.297. The van der Waals surface area contributed by atoms with Crippen LogP contribution in [0.2, 0.25) is 0 Å². The van der Waals surface area contributed by atoms with Crippen LogP contribution < -0.4 is 11.1 Å². The summed E-state index contributed by atoms with van der Waals surface area (Å²) in [5, 5.41) is 3.18. The Balaban J connectivity index is 1.52. The van der Waals surface area contributed by atoms with Crippen molar-refractivity contribution >= 4 is 5.91 Å². The average molecular weight is 253 g/mol. The number of ether oxygens (including phenoxy) is 1. The number of nitrogens with two attached hydrogens (primary N) is 1. The Morgan fingerprint density at radius 2 is 2.17 bits per heavy atom. The molecule has 3 rings (SSSR count). The summed E-state index contributed by atoms with van der Waals surface area (Å²) < 4.78 is 5.25. The molecule has 0 aromatic heterocycles. The van der Waals surface area contributed by atoms with Crippen molar-refractivity contribution in [1.29, 1.82) is 0 Å². The molecule has 18 heavy (non-hydrogen) atoms. The lowest BCUT2D eigenvalue weighted by atomic mass is 9.96. The number of nitrogens with zero attached hydrogens (tertiary/aromatic N) is 1. The number of rotatable bonds is 2. The van der Waals surface area contributed by atoms with Crippen molar-refractivity contribution in [2.24, 2.45) is 11.7 Å². The van der Waals surface area contributed by atoms with E-state index in [-0.39, 0.29) is 17.9 Å². The van der Waals surface area contributed by atoms with Crippen molar-refractivity contribution in [3.63, 3.8) is 0 Å². The molecule has 1 amide bonds. The fourth-order valence-corrected chi connectivity index (χ4v) is 3.50. The Kier molecular flexibility index (Phi) is 3.54. The molecule has 102 valence electrons. The molecule has 3 saturated heterocycles. The fourth-order valence-electron chi connectivity index (χ4n) is 3.50. The Morgan fingerprint density at radius 3 is 2.94 bits per heavy atom. The lowest BCUT2D eigenvalue weighted by Gasteiger charge is -2.35. The van der Waals surface area contributed by atoms with E-state index in [2.05, 4.69) is 10.2 Å². The first-order chi connectivity index (χ1) is 8.74. The van der Waals surface area contributed by atoms with Crippen LogP contribution in [0.15, 0.2) is 0 Å². The lowest BCUT2D eigenvalue weighted by molar-refractivity contribution is -0.126. The van der Waals surface area contributed by atoms with Crippen LogP contribution in [-0.2, 0) is 9.53 Å². The van der Waals surface area contributed by atoms with Crippen molar-refractivity contribution in [2.75, 3.05) is 26.3 Å². The maximum Gasteiger partial charge on any atom is 0.227 e. The molecule has 4 atom stereocenters. The molecular formula is C13H23N3O2. The Bertz CT molecular complexity index is 323. The van der Waals surface area contributed by atoms with Gasteiger partial charge in [-0.3, -0.25) is 4.79 Å². The average Bonchev–Trinajstić information content (AvgIpc) is 2.96. The van der Waals surface area contributed by atoms with Gasteiger partial charge < -0.3 is 20.7 Å². The molecule has 0 spiro atoms. The fraction of sp³-hybridized carbons (Fsp3) is 0.923. The molecule has 0 radical (unpaired) electrons. The van der Waals surface area contributed by atoms with Gasteiger partial charge in [0, 0.05) is 24.7 Å². The summed E-state index contributed by atoms with van der Waals surface area (Å²) in [4.78, 5) is 14.7. The molecule has 3 heterocycles. The van der Waals surface area contributed by atoms with Gasteiger partial charge in [0.1, 0.15) is 0 Å². The SMILES string of the molecule is NC1COCC1C(=O)NC1CCN2CCCC2C1. The Hall–Kier alpha value is -0.650. The third-order valence-electron chi connectivity index (χ3n) is 4.63. The second-order valence-electron chi connectivity index (χ2n) is 5.87. The van der Waals surface area contributed by atoms with Crippen molar-refractivity contribution in [3.05, 3.63) is 0 Å². The first-order valence-electron chi connectivity index (χ1n) is 7.12. The zero-order valence-corrected chi connectivity index (χ0v) is 10.8. The van der Waals surface area contributed by atoms with Gasteiger partial charge in [0.15, 0.2) is 0 Å². The summed E-state index contributed by atoms with van der Waals surface area (Å²) in [5.74, 6) is -0.0527.